The second kappa shape index (κ2) is 7.03. The van der Waals surface area contributed by atoms with E-state index in [-0.39, 0.29) is 11.7 Å². The quantitative estimate of drug-likeness (QED) is 0.743. The van der Waals surface area contributed by atoms with Gasteiger partial charge in [-0.25, -0.2) is 0 Å². The van der Waals surface area contributed by atoms with Crippen molar-refractivity contribution in [2.24, 2.45) is 5.73 Å². The molecule has 0 aromatic heterocycles. The maximum atomic E-state index is 11.9. The van der Waals surface area contributed by atoms with E-state index in [0.717, 1.165) is 0 Å². The molecule has 0 aliphatic rings. The Morgan fingerprint density at radius 1 is 1.47 bits per heavy atom. The molecule has 0 bridgehead atoms. The van der Waals surface area contributed by atoms with E-state index in [2.05, 4.69) is 5.32 Å². The van der Waals surface area contributed by atoms with E-state index in [9.17, 15) is 9.00 Å². The summed E-state index contributed by atoms with van der Waals surface area (Å²) < 4.78 is 17.0. The number of amides is 1. The molecule has 0 aliphatic heterocycles. The lowest BCUT2D eigenvalue weighted by Gasteiger charge is -2.07. The van der Waals surface area contributed by atoms with Gasteiger partial charge in [0.15, 0.2) is 0 Å². The lowest BCUT2D eigenvalue weighted by Crippen LogP contribution is -2.32. The fourth-order valence-corrected chi connectivity index (χ4v) is 2.37. The number of hydrogen-bond acceptors (Lipinski definition) is 4. The number of nitrogens with two attached hydrogens (primary N) is 1. The molecular weight excluding hydrogens is 240 g/mol. The molecule has 1 unspecified atom stereocenters. The average molecular weight is 256 g/mol. The van der Waals surface area contributed by atoms with Gasteiger partial charge in [0, 0.05) is 13.1 Å². The van der Waals surface area contributed by atoms with Gasteiger partial charge in [0.25, 0.3) is 0 Å². The van der Waals surface area contributed by atoms with Crippen LogP contribution in [0.25, 0.3) is 0 Å². The SMILES string of the molecule is COc1ccccc1S(=O)CC(=O)NCCN. The van der Waals surface area contributed by atoms with Crippen LogP contribution >= 0.6 is 0 Å². The summed E-state index contributed by atoms with van der Waals surface area (Å²) in [5.74, 6) is 0.164. The molecule has 3 N–H and O–H groups in total. The highest BCUT2D eigenvalue weighted by Crippen LogP contribution is 2.21. The van der Waals surface area contributed by atoms with E-state index < -0.39 is 10.8 Å². The molecule has 1 aromatic rings. The zero-order chi connectivity index (χ0) is 12.7. The Morgan fingerprint density at radius 2 is 2.18 bits per heavy atom. The highest BCUT2D eigenvalue weighted by Gasteiger charge is 2.13. The van der Waals surface area contributed by atoms with Crippen molar-refractivity contribution in [3.05, 3.63) is 24.3 Å². The van der Waals surface area contributed by atoms with E-state index in [1.807, 2.05) is 0 Å². The Bertz CT molecular complexity index is 409. The maximum absolute atomic E-state index is 11.9. The Balaban J connectivity index is 2.66. The van der Waals surface area contributed by atoms with E-state index >= 15 is 0 Å². The molecule has 0 aliphatic carbocycles. The summed E-state index contributed by atoms with van der Waals surface area (Å²) in [4.78, 5) is 11.9. The molecule has 17 heavy (non-hydrogen) atoms. The Morgan fingerprint density at radius 3 is 2.82 bits per heavy atom. The molecule has 0 fully saturated rings. The first-order valence-electron chi connectivity index (χ1n) is 5.17. The monoisotopic (exact) mass is 256 g/mol. The maximum Gasteiger partial charge on any atom is 0.233 e. The van der Waals surface area contributed by atoms with Crippen molar-refractivity contribution in [2.75, 3.05) is 26.0 Å². The lowest BCUT2D eigenvalue weighted by molar-refractivity contribution is -0.118. The van der Waals surface area contributed by atoms with Gasteiger partial charge in [0.2, 0.25) is 5.91 Å². The van der Waals surface area contributed by atoms with Crippen molar-refractivity contribution in [2.45, 2.75) is 4.90 Å². The van der Waals surface area contributed by atoms with Crippen LogP contribution in [0.1, 0.15) is 0 Å². The number of para-hydroxylation sites is 1. The topological polar surface area (TPSA) is 81.4 Å². The Labute approximate surface area is 103 Å². The zero-order valence-electron chi connectivity index (χ0n) is 9.64. The number of hydrogen-bond donors (Lipinski definition) is 2. The third kappa shape index (κ3) is 4.16. The van der Waals surface area contributed by atoms with Crippen LogP contribution < -0.4 is 15.8 Å². The fourth-order valence-electron chi connectivity index (χ4n) is 1.27. The number of carbonyl (C=O) groups excluding carboxylic acids is 1. The Kier molecular flexibility index (Phi) is 5.65. The average Bonchev–Trinajstić information content (AvgIpc) is 2.36. The molecule has 1 aromatic carbocycles. The summed E-state index contributed by atoms with van der Waals surface area (Å²) in [5.41, 5.74) is 5.25. The molecule has 0 saturated heterocycles. The molecule has 0 heterocycles. The van der Waals surface area contributed by atoms with Crippen LogP contribution in [0.15, 0.2) is 29.2 Å². The van der Waals surface area contributed by atoms with Crippen LogP contribution in [0, 0.1) is 0 Å². The number of ether oxygens (including phenoxy) is 1. The summed E-state index contributed by atoms with van der Waals surface area (Å²) in [6.07, 6.45) is 0. The fraction of sp³-hybridized carbons (Fsp3) is 0.364. The second-order valence-corrected chi connectivity index (χ2v) is 4.70. The van der Waals surface area contributed by atoms with Crippen molar-refractivity contribution in [1.29, 1.82) is 0 Å². The number of rotatable bonds is 6. The largest absolute Gasteiger partial charge is 0.495 e. The van der Waals surface area contributed by atoms with Gasteiger partial charge in [-0.1, -0.05) is 12.1 Å². The number of nitrogens with one attached hydrogen (secondary N) is 1. The molecule has 6 heteroatoms. The standard InChI is InChI=1S/C11H16N2O3S/c1-16-9-4-2-3-5-10(9)17(15)8-11(14)13-7-6-12/h2-5H,6-8,12H2,1H3,(H,13,14). The highest BCUT2D eigenvalue weighted by molar-refractivity contribution is 7.85. The zero-order valence-corrected chi connectivity index (χ0v) is 10.5. The number of carbonyl (C=O) groups is 1. The first-order chi connectivity index (χ1) is 8.19. The van der Waals surface area contributed by atoms with Gasteiger partial charge < -0.3 is 15.8 Å². The predicted octanol–water partition coefficient (Wildman–Crippen LogP) is -0.122. The molecular formula is C11H16N2O3S. The normalized spacial score (nSPS) is 11.9. The van der Waals surface area contributed by atoms with Gasteiger partial charge in [-0.15, -0.1) is 0 Å². The van der Waals surface area contributed by atoms with E-state index in [1.165, 1.54) is 7.11 Å². The molecule has 94 valence electrons. The molecule has 5 nitrogen and oxygen atoms in total. The van der Waals surface area contributed by atoms with E-state index in [4.69, 9.17) is 10.5 Å². The highest BCUT2D eigenvalue weighted by atomic mass is 32.2. The van der Waals surface area contributed by atoms with Gasteiger partial charge in [0.1, 0.15) is 11.5 Å². The summed E-state index contributed by atoms with van der Waals surface area (Å²) in [5, 5.41) is 2.57. The minimum atomic E-state index is -1.41. The minimum Gasteiger partial charge on any atom is -0.495 e. The van der Waals surface area contributed by atoms with Crippen LogP contribution in [-0.2, 0) is 15.6 Å². The molecule has 0 spiro atoms. The van der Waals surface area contributed by atoms with Crippen molar-refractivity contribution >= 4 is 16.7 Å². The van der Waals surface area contributed by atoms with Crippen LogP contribution in [0.4, 0.5) is 0 Å². The molecule has 1 rings (SSSR count). The molecule has 1 atom stereocenters. The van der Waals surface area contributed by atoms with Gasteiger partial charge in [-0.3, -0.25) is 9.00 Å². The lowest BCUT2D eigenvalue weighted by atomic mass is 10.3. The van der Waals surface area contributed by atoms with Crippen molar-refractivity contribution < 1.29 is 13.7 Å². The van der Waals surface area contributed by atoms with Gasteiger partial charge >= 0.3 is 0 Å². The number of methoxy groups -OCH3 is 1. The van der Waals surface area contributed by atoms with Crippen LogP contribution in [0.5, 0.6) is 5.75 Å². The first kappa shape index (κ1) is 13.7. The summed E-state index contributed by atoms with van der Waals surface area (Å²) >= 11 is 0. The third-order valence-electron chi connectivity index (χ3n) is 2.04. The van der Waals surface area contributed by atoms with Gasteiger partial charge in [-0.2, -0.15) is 0 Å². The summed E-state index contributed by atoms with van der Waals surface area (Å²) in [6, 6.07) is 6.94. The predicted molar refractivity (Wildman–Crippen MR) is 66.3 cm³/mol. The summed E-state index contributed by atoms with van der Waals surface area (Å²) in [7, 11) is 0.0982. The molecule has 0 saturated carbocycles. The van der Waals surface area contributed by atoms with Crippen LogP contribution in [-0.4, -0.2) is 36.1 Å². The Hall–Kier alpha value is -1.40. The van der Waals surface area contributed by atoms with Crippen LogP contribution in [0.2, 0.25) is 0 Å². The summed E-state index contributed by atoms with van der Waals surface area (Å²) in [6.45, 7) is 0.759. The first-order valence-corrected chi connectivity index (χ1v) is 6.49. The molecule has 1 amide bonds. The second-order valence-electron chi connectivity index (χ2n) is 3.28. The molecule has 0 radical (unpaired) electrons. The third-order valence-corrected chi connectivity index (χ3v) is 3.40. The van der Waals surface area contributed by atoms with E-state index in [0.29, 0.717) is 23.7 Å². The van der Waals surface area contributed by atoms with Crippen molar-refractivity contribution in [3.63, 3.8) is 0 Å². The smallest absolute Gasteiger partial charge is 0.233 e. The van der Waals surface area contributed by atoms with Gasteiger partial charge in [-0.05, 0) is 12.1 Å². The van der Waals surface area contributed by atoms with Gasteiger partial charge in [0.05, 0.1) is 22.8 Å². The number of benzene rings is 1. The van der Waals surface area contributed by atoms with Crippen molar-refractivity contribution in [1.82, 2.24) is 5.32 Å². The van der Waals surface area contributed by atoms with E-state index in [1.54, 1.807) is 24.3 Å². The minimum absolute atomic E-state index is 0.0830. The van der Waals surface area contributed by atoms with Crippen LogP contribution in [0.3, 0.4) is 0 Å². The van der Waals surface area contributed by atoms with Crippen molar-refractivity contribution in [3.8, 4) is 5.75 Å².